The Morgan fingerprint density at radius 1 is 1.09 bits per heavy atom. The molecule has 0 radical (unpaired) electrons. The van der Waals surface area contributed by atoms with Gasteiger partial charge in [0, 0.05) is 18.1 Å². The molecule has 1 aliphatic heterocycles. The molecule has 0 bridgehead atoms. The minimum absolute atomic E-state index is 0.0234. The van der Waals surface area contributed by atoms with E-state index in [9.17, 15) is 4.79 Å². The van der Waals surface area contributed by atoms with Crippen molar-refractivity contribution in [2.24, 2.45) is 5.92 Å². The Labute approximate surface area is 198 Å². The summed E-state index contributed by atoms with van der Waals surface area (Å²) in [6.07, 6.45) is 7.03. The lowest BCUT2D eigenvalue weighted by Crippen LogP contribution is -2.44. The van der Waals surface area contributed by atoms with Gasteiger partial charge in [-0.15, -0.1) is 0 Å². The number of carboxylic acids is 1. The van der Waals surface area contributed by atoms with E-state index in [1.54, 1.807) is 0 Å². The van der Waals surface area contributed by atoms with E-state index < -0.39 is 5.97 Å². The molecule has 2 N–H and O–H groups in total. The van der Waals surface area contributed by atoms with Crippen LogP contribution in [0.25, 0.3) is 0 Å². The van der Waals surface area contributed by atoms with E-state index in [1.165, 1.54) is 42.4 Å². The van der Waals surface area contributed by atoms with Crippen LogP contribution in [0.3, 0.4) is 0 Å². The van der Waals surface area contributed by atoms with Crippen LogP contribution in [0, 0.1) is 5.92 Å². The number of carboxylic acid groups (broad SMARTS) is 1. The molecular weight excluding hydrogens is 412 g/mol. The minimum atomic E-state index is -0.754. The second-order valence-electron chi connectivity index (χ2n) is 10.1. The van der Waals surface area contributed by atoms with Crippen LogP contribution < -0.4 is 5.32 Å². The van der Waals surface area contributed by atoms with Crippen molar-refractivity contribution in [2.45, 2.75) is 69.2 Å². The highest BCUT2D eigenvalue weighted by atomic mass is 16.5. The lowest BCUT2D eigenvalue weighted by molar-refractivity contribution is -0.137. The molecule has 2 aliphatic rings. The standard InChI is InChI=1S/C28H38N2O3/c1-30(2)28(24-9-4-3-5-10-24)13-11-21(12-14-28)15-22-7-6-8-23(16-22)20-33-26-17-25(29-19-26)18-27(31)32/h3-10,16,21,25-26,29H,11-15,17-20H2,1-2H3,(H,31,32)/t21?,25-,26-,28?/m0/s1. The average Bonchev–Trinajstić information content (AvgIpc) is 3.25. The molecule has 2 aromatic carbocycles. The van der Waals surface area contributed by atoms with Gasteiger partial charge in [-0.25, -0.2) is 0 Å². The van der Waals surface area contributed by atoms with E-state index >= 15 is 0 Å². The quantitative estimate of drug-likeness (QED) is 0.585. The Bertz CT molecular complexity index is 906. The third kappa shape index (κ3) is 6.03. The van der Waals surface area contributed by atoms with Gasteiger partial charge in [0.1, 0.15) is 0 Å². The molecule has 2 fully saturated rings. The zero-order valence-electron chi connectivity index (χ0n) is 20.0. The number of aliphatic carboxylic acids is 1. The van der Waals surface area contributed by atoms with Crippen LogP contribution in [-0.2, 0) is 28.1 Å². The topological polar surface area (TPSA) is 61.8 Å². The van der Waals surface area contributed by atoms with Gasteiger partial charge in [-0.2, -0.15) is 0 Å². The minimum Gasteiger partial charge on any atom is -0.481 e. The fourth-order valence-corrected chi connectivity index (χ4v) is 5.77. The Morgan fingerprint density at radius 3 is 2.52 bits per heavy atom. The summed E-state index contributed by atoms with van der Waals surface area (Å²) < 4.78 is 6.09. The number of rotatable bonds is 9. The van der Waals surface area contributed by atoms with E-state index in [-0.39, 0.29) is 24.1 Å². The van der Waals surface area contributed by atoms with E-state index in [0.717, 1.165) is 19.4 Å². The van der Waals surface area contributed by atoms with Gasteiger partial charge in [-0.05, 0) is 75.2 Å². The summed E-state index contributed by atoms with van der Waals surface area (Å²) in [7, 11) is 4.45. The maximum atomic E-state index is 10.9. The van der Waals surface area contributed by atoms with Gasteiger partial charge in [0.25, 0.3) is 0 Å². The lowest BCUT2D eigenvalue weighted by Gasteiger charge is -2.45. The second kappa shape index (κ2) is 10.8. The largest absolute Gasteiger partial charge is 0.481 e. The van der Waals surface area contributed by atoms with Crippen molar-refractivity contribution in [1.29, 1.82) is 0 Å². The van der Waals surface area contributed by atoms with E-state index in [0.29, 0.717) is 12.5 Å². The predicted octanol–water partition coefficient (Wildman–Crippen LogP) is 4.60. The Hall–Kier alpha value is -2.21. The van der Waals surface area contributed by atoms with Gasteiger partial charge >= 0.3 is 5.97 Å². The van der Waals surface area contributed by atoms with Gasteiger partial charge in [0.15, 0.2) is 0 Å². The van der Waals surface area contributed by atoms with Gasteiger partial charge in [0.2, 0.25) is 0 Å². The van der Waals surface area contributed by atoms with Crippen LogP contribution in [0.1, 0.15) is 55.2 Å². The van der Waals surface area contributed by atoms with Gasteiger partial charge in [-0.1, -0.05) is 54.6 Å². The molecule has 1 aliphatic carbocycles. The van der Waals surface area contributed by atoms with E-state index in [2.05, 4.69) is 78.9 Å². The fourth-order valence-electron chi connectivity index (χ4n) is 5.77. The maximum absolute atomic E-state index is 10.9. The van der Waals surface area contributed by atoms with Gasteiger partial charge in [0.05, 0.1) is 19.1 Å². The highest BCUT2D eigenvalue weighted by molar-refractivity contribution is 5.67. The molecule has 5 heteroatoms. The van der Waals surface area contributed by atoms with Crippen molar-refractivity contribution >= 4 is 5.97 Å². The molecule has 4 rings (SSSR count). The Kier molecular flexibility index (Phi) is 7.84. The van der Waals surface area contributed by atoms with E-state index in [4.69, 9.17) is 9.84 Å². The fraction of sp³-hybridized carbons (Fsp3) is 0.536. The number of benzene rings is 2. The zero-order chi connectivity index (χ0) is 23.3. The summed E-state index contributed by atoms with van der Waals surface area (Å²) in [4.78, 5) is 13.3. The molecule has 2 aromatic rings. The Balaban J connectivity index is 1.29. The third-order valence-electron chi connectivity index (χ3n) is 7.70. The summed E-state index contributed by atoms with van der Waals surface area (Å²) >= 11 is 0. The SMILES string of the molecule is CN(C)C1(c2ccccc2)CCC(Cc2cccc(CO[C@@H]3CN[C@H](CC(=O)O)C3)c2)CC1. The molecule has 0 unspecified atom stereocenters. The molecule has 1 saturated heterocycles. The van der Waals surface area contributed by atoms with Gasteiger partial charge in [-0.3, -0.25) is 9.69 Å². The molecule has 0 aromatic heterocycles. The van der Waals surface area contributed by atoms with E-state index in [1.807, 2.05) is 0 Å². The van der Waals surface area contributed by atoms with Crippen molar-refractivity contribution in [3.63, 3.8) is 0 Å². The van der Waals surface area contributed by atoms with Crippen molar-refractivity contribution < 1.29 is 14.6 Å². The second-order valence-corrected chi connectivity index (χ2v) is 10.1. The summed E-state index contributed by atoms with van der Waals surface area (Å²) in [5.41, 5.74) is 4.20. The van der Waals surface area contributed by atoms with Crippen LogP contribution in [-0.4, -0.2) is 48.8 Å². The molecule has 0 spiro atoms. The number of hydrogen-bond acceptors (Lipinski definition) is 4. The zero-order valence-corrected chi connectivity index (χ0v) is 20.0. The van der Waals surface area contributed by atoms with Crippen molar-refractivity contribution in [1.82, 2.24) is 10.2 Å². The van der Waals surface area contributed by atoms with Crippen LogP contribution in [0.15, 0.2) is 54.6 Å². The van der Waals surface area contributed by atoms with Gasteiger partial charge < -0.3 is 15.2 Å². The lowest BCUT2D eigenvalue weighted by atomic mass is 9.70. The first-order valence-electron chi connectivity index (χ1n) is 12.3. The predicted molar refractivity (Wildman–Crippen MR) is 131 cm³/mol. The monoisotopic (exact) mass is 450 g/mol. The molecule has 1 saturated carbocycles. The van der Waals surface area contributed by atoms with Crippen molar-refractivity contribution in [3.05, 3.63) is 71.3 Å². The molecular formula is C28H38N2O3. The molecule has 2 atom stereocenters. The summed E-state index contributed by atoms with van der Waals surface area (Å²) in [5.74, 6) is -0.0380. The van der Waals surface area contributed by atoms with Crippen LogP contribution in [0.2, 0.25) is 0 Å². The maximum Gasteiger partial charge on any atom is 0.304 e. The molecule has 33 heavy (non-hydrogen) atoms. The summed E-state index contributed by atoms with van der Waals surface area (Å²) in [5, 5.41) is 12.2. The number of ether oxygens (including phenoxy) is 1. The first-order valence-corrected chi connectivity index (χ1v) is 12.3. The number of nitrogens with one attached hydrogen (secondary N) is 1. The molecule has 5 nitrogen and oxygen atoms in total. The molecule has 0 amide bonds. The summed E-state index contributed by atoms with van der Waals surface area (Å²) in [6.45, 7) is 1.32. The van der Waals surface area contributed by atoms with Crippen molar-refractivity contribution in [2.75, 3.05) is 20.6 Å². The normalized spacial score (nSPS) is 27.7. The van der Waals surface area contributed by atoms with Crippen LogP contribution in [0.4, 0.5) is 0 Å². The number of hydrogen-bond donors (Lipinski definition) is 2. The van der Waals surface area contributed by atoms with Crippen LogP contribution in [0.5, 0.6) is 0 Å². The average molecular weight is 451 g/mol. The van der Waals surface area contributed by atoms with Crippen molar-refractivity contribution in [3.8, 4) is 0 Å². The van der Waals surface area contributed by atoms with Crippen LogP contribution >= 0.6 is 0 Å². The number of nitrogens with zero attached hydrogens (tertiary/aromatic N) is 1. The smallest absolute Gasteiger partial charge is 0.304 e. The third-order valence-corrected chi connectivity index (χ3v) is 7.70. The molecule has 1 heterocycles. The Morgan fingerprint density at radius 2 is 1.82 bits per heavy atom. The molecule has 178 valence electrons. The summed E-state index contributed by atoms with van der Waals surface area (Å²) in [6, 6.07) is 19.8. The first kappa shape index (κ1) is 23.9. The number of carbonyl (C=O) groups is 1. The highest BCUT2D eigenvalue weighted by Gasteiger charge is 2.38. The first-order chi connectivity index (χ1) is 15.9. The highest BCUT2D eigenvalue weighted by Crippen LogP contribution is 2.43.